The Morgan fingerprint density at radius 2 is 1.95 bits per heavy atom. The van der Waals surface area contributed by atoms with E-state index in [1.54, 1.807) is 35.6 Å². The molecular formula is C14H11N3O2S2. The molecule has 0 atom stereocenters. The minimum absolute atomic E-state index is 0.0337. The maximum atomic E-state index is 12.2. The number of anilines is 1. The molecule has 0 saturated carbocycles. The molecule has 3 aromatic rings. The van der Waals surface area contributed by atoms with Crippen molar-refractivity contribution < 1.29 is 10.0 Å². The summed E-state index contributed by atoms with van der Waals surface area (Å²) in [5.41, 5.74) is 6.73. The molecule has 3 rings (SSSR count). The van der Waals surface area contributed by atoms with Crippen LogP contribution in [0.5, 0.6) is 0 Å². The van der Waals surface area contributed by atoms with E-state index in [9.17, 15) is 4.79 Å². The molecule has 7 heteroatoms. The number of thiophene rings is 2. The second-order valence-electron chi connectivity index (χ2n) is 4.28. The van der Waals surface area contributed by atoms with E-state index in [2.05, 4.69) is 10.5 Å². The number of carbonyl (C=O) groups is 1. The SMILES string of the molecule is N/C(=N/O)c1ccc(NC(=O)c2cc3sccc3s2)cc1. The number of rotatable bonds is 3. The molecule has 2 aromatic heterocycles. The van der Waals surface area contributed by atoms with Crippen LogP contribution in [0, 0.1) is 0 Å². The van der Waals surface area contributed by atoms with Crippen LogP contribution >= 0.6 is 22.7 Å². The van der Waals surface area contributed by atoms with Gasteiger partial charge in [-0.05, 0) is 41.8 Å². The van der Waals surface area contributed by atoms with Crippen LogP contribution in [-0.4, -0.2) is 17.0 Å². The van der Waals surface area contributed by atoms with Gasteiger partial charge in [-0.3, -0.25) is 4.79 Å². The summed E-state index contributed by atoms with van der Waals surface area (Å²) >= 11 is 3.09. The number of amidine groups is 1. The van der Waals surface area contributed by atoms with E-state index in [0.29, 0.717) is 16.1 Å². The van der Waals surface area contributed by atoms with Gasteiger partial charge in [0.25, 0.3) is 5.91 Å². The molecular weight excluding hydrogens is 306 g/mol. The second kappa shape index (κ2) is 5.55. The molecule has 1 aromatic carbocycles. The number of nitrogens with two attached hydrogens (primary N) is 1. The van der Waals surface area contributed by atoms with Crippen molar-refractivity contribution in [2.24, 2.45) is 10.9 Å². The summed E-state index contributed by atoms with van der Waals surface area (Å²) < 4.78 is 2.24. The average Bonchev–Trinajstić information content (AvgIpc) is 3.08. The lowest BCUT2D eigenvalue weighted by Crippen LogP contribution is -2.13. The van der Waals surface area contributed by atoms with E-state index in [1.165, 1.54) is 11.3 Å². The second-order valence-corrected chi connectivity index (χ2v) is 6.31. The summed E-state index contributed by atoms with van der Waals surface area (Å²) in [6.45, 7) is 0. The van der Waals surface area contributed by atoms with Gasteiger partial charge < -0.3 is 16.3 Å². The van der Waals surface area contributed by atoms with E-state index in [0.717, 1.165) is 9.40 Å². The summed E-state index contributed by atoms with van der Waals surface area (Å²) in [6.07, 6.45) is 0. The van der Waals surface area contributed by atoms with Crippen LogP contribution in [-0.2, 0) is 0 Å². The molecule has 0 bridgehead atoms. The van der Waals surface area contributed by atoms with Gasteiger partial charge in [0, 0.05) is 20.7 Å². The number of benzene rings is 1. The number of carbonyl (C=O) groups excluding carboxylic acids is 1. The Morgan fingerprint density at radius 3 is 2.62 bits per heavy atom. The Kier molecular flexibility index (Phi) is 3.59. The van der Waals surface area contributed by atoms with E-state index >= 15 is 0 Å². The third-order valence-electron chi connectivity index (χ3n) is 2.91. The predicted molar refractivity (Wildman–Crippen MR) is 86.6 cm³/mol. The van der Waals surface area contributed by atoms with Crippen molar-refractivity contribution in [3.05, 3.63) is 52.2 Å². The van der Waals surface area contributed by atoms with Crippen LogP contribution in [0.1, 0.15) is 15.2 Å². The Morgan fingerprint density at radius 1 is 1.19 bits per heavy atom. The Hall–Kier alpha value is -2.38. The zero-order chi connectivity index (χ0) is 14.8. The highest BCUT2D eigenvalue weighted by Crippen LogP contribution is 2.30. The quantitative estimate of drug-likeness (QED) is 0.300. The van der Waals surface area contributed by atoms with Crippen molar-refractivity contribution in [1.29, 1.82) is 0 Å². The molecule has 0 fully saturated rings. The normalized spacial score (nSPS) is 11.7. The number of nitrogens with one attached hydrogen (secondary N) is 1. The fraction of sp³-hybridized carbons (Fsp3) is 0. The van der Waals surface area contributed by atoms with Gasteiger partial charge >= 0.3 is 0 Å². The van der Waals surface area contributed by atoms with Gasteiger partial charge in [-0.1, -0.05) is 5.16 Å². The van der Waals surface area contributed by atoms with Crippen molar-refractivity contribution in [3.63, 3.8) is 0 Å². The predicted octanol–water partition coefficient (Wildman–Crippen LogP) is 3.31. The monoisotopic (exact) mass is 317 g/mol. The van der Waals surface area contributed by atoms with Gasteiger partial charge in [0.2, 0.25) is 0 Å². The van der Waals surface area contributed by atoms with Gasteiger partial charge in [0.1, 0.15) is 0 Å². The van der Waals surface area contributed by atoms with Crippen molar-refractivity contribution >= 4 is 49.5 Å². The highest BCUT2D eigenvalue weighted by molar-refractivity contribution is 7.27. The number of hydrogen-bond acceptors (Lipinski definition) is 5. The topological polar surface area (TPSA) is 87.7 Å². The largest absolute Gasteiger partial charge is 0.409 e. The molecule has 1 amide bonds. The van der Waals surface area contributed by atoms with E-state index in [4.69, 9.17) is 10.9 Å². The van der Waals surface area contributed by atoms with Gasteiger partial charge in [-0.25, -0.2) is 0 Å². The summed E-state index contributed by atoms with van der Waals surface area (Å²) in [7, 11) is 0. The van der Waals surface area contributed by atoms with Crippen LogP contribution in [0.3, 0.4) is 0 Å². The summed E-state index contributed by atoms with van der Waals surface area (Å²) in [5, 5.41) is 16.4. The molecule has 21 heavy (non-hydrogen) atoms. The lowest BCUT2D eigenvalue weighted by molar-refractivity contribution is 0.103. The third-order valence-corrected chi connectivity index (χ3v) is 5.00. The summed E-state index contributed by atoms with van der Waals surface area (Å²) in [6, 6.07) is 10.7. The molecule has 5 nitrogen and oxygen atoms in total. The molecule has 0 aliphatic heterocycles. The minimum atomic E-state index is -0.139. The number of hydrogen-bond donors (Lipinski definition) is 3. The standard InChI is InChI=1S/C14H11N3O2S2/c15-13(17-19)8-1-3-9(4-2-8)16-14(18)12-7-11-10(21-12)5-6-20-11/h1-7,19H,(H2,15,17)(H,16,18). The maximum Gasteiger partial charge on any atom is 0.265 e. The lowest BCUT2D eigenvalue weighted by atomic mass is 10.2. The first-order valence-electron chi connectivity index (χ1n) is 6.04. The molecule has 0 unspecified atom stereocenters. The molecule has 0 radical (unpaired) electrons. The first-order valence-corrected chi connectivity index (χ1v) is 7.73. The zero-order valence-corrected chi connectivity index (χ0v) is 12.4. The molecule has 0 aliphatic carbocycles. The van der Waals surface area contributed by atoms with Gasteiger partial charge in [0.05, 0.1) is 4.88 Å². The van der Waals surface area contributed by atoms with Crippen molar-refractivity contribution in [2.75, 3.05) is 5.32 Å². The smallest absolute Gasteiger partial charge is 0.265 e. The molecule has 2 heterocycles. The maximum absolute atomic E-state index is 12.2. The van der Waals surface area contributed by atoms with Crippen LogP contribution in [0.15, 0.2) is 46.9 Å². The zero-order valence-electron chi connectivity index (χ0n) is 10.7. The highest BCUT2D eigenvalue weighted by atomic mass is 32.1. The highest BCUT2D eigenvalue weighted by Gasteiger charge is 2.11. The van der Waals surface area contributed by atoms with Crippen molar-refractivity contribution in [1.82, 2.24) is 0 Å². The molecule has 4 N–H and O–H groups in total. The van der Waals surface area contributed by atoms with Crippen molar-refractivity contribution in [3.8, 4) is 0 Å². The summed E-state index contributed by atoms with van der Waals surface area (Å²) in [4.78, 5) is 12.9. The van der Waals surface area contributed by atoms with Crippen LogP contribution < -0.4 is 11.1 Å². The van der Waals surface area contributed by atoms with E-state index in [1.807, 2.05) is 17.5 Å². The first-order chi connectivity index (χ1) is 10.2. The van der Waals surface area contributed by atoms with Gasteiger partial charge in [-0.2, -0.15) is 0 Å². The fourth-order valence-electron chi connectivity index (χ4n) is 1.85. The number of oxime groups is 1. The Balaban J connectivity index is 1.76. The van der Waals surface area contributed by atoms with Crippen LogP contribution in [0.2, 0.25) is 0 Å². The minimum Gasteiger partial charge on any atom is -0.409 e. The van der Waals surface area contributed by atoms with E-state index in [-0.39, 0.29) is 11.7 Å². The lowest BCUT2D eigenvalue weighted by Gasteiger charge is -2.04. The number of amides is 1. The average molecular weight is 317 g/mol. The molecule has 0 aliphatic rings. The third kappa shape index (κ3) is 2.74. The van der Waals surface area contributed by atoms with Gasteiger partial charge in [-0.15, -0.1) is 22.7 Å². The molecule has 0 saturated heterocycles. The van der Waals surface area contributed by atoms with Gasteiger partial charge in [0.15, 0.2) is 5.84 Å². The Bertz CT molecular complexity index is 790. The van der Waals surface area contributed by atoms with Crippen molar-refractivity contribution in [2.45, 2.75) is 0 Å². The molecule has 0 spiro atoms. The molecule has 106 valence electrons. The van der Waals surface area contributed by atoms with Crippen LogP contribution in [0.25, 0.3) is 9.40 Å². The number of fused-ring (bicyclic) bond motifs is 1. The van der Waals surface area contributed by atoms with E-state index < -0.39 is 0 Å². The fourth-order valence-corrected chi connectivity index (χ4v) is 3.86. The summed E-state index contributed by atoms with van der Waals surface area (Å²) in [5.74, 6) is -0.105. The first kappa shape index (κ1) is 13.6. The van der Waals surface area contributed by atoms with Crippen LogP contribution in [0.4, 0.5) is 5.69 Å². The Labute approximate surface area is 128 Å². The number of nitrogens with zero attached hydrogens (tertiary/aromatic N) is 1.